The van der Waals surface area contributed by atoms with Crippen molar-refractivity contribution in [2.45, 2.75) is 50.3 Å². The van der Waals surface area contributed by atoms with Gasteiger partial charge in [0.05, 0.1) is 6.04 Å². The fourth-order valence-electron chi connectivity index (χ4n) is 2.84. The molecule has 3 nitrogen and oxygen atoms in total. The molecule has 0 bridgehead atoms. The number of fused-ring (bicyclic) bond motifs is 1. The van der Waals surface area contributed by atoms with Crippen molar-refractivity contribution in [1.29, 1.82) is 0 Å². The van der Waals surface area contributed by atoms with Gasteiger partial charge in [-0.2, -0.15) is 11.8 Å². The van der Waals surface area contributed by atoms with Crippen LogP contribution >= 0.6 is 11.8 Å². The van der Waals surface area contributed by atoms with Gasteiger partial charge in [0.1, 0.15) is 0 Å². The van der Waals surface area contributed by atoms with Crippen molar-refractivity contribution in [3.63, 3.8) is 0 Å². The molecule has 0 atom stereocenters. The predicted molar refractivity (Wildman–Crippen MR) is 67.0 cm³/mol. The Morgan fingerprint density at radius 3 is 2.81 bits per heavy atom. The molecule has 0 radical (unpaired) electrons. The highest BCUT2D eigenvalue weighted by molar-refractivity contribution is 7.98. The van der Waals surface area contributed by atoms with Crippen molar-refractivity contribution in [3.05, 3.63) is 21.6 Å². The van der Waals surface area contributed by atoms with Crippen molar-refractivity contribution in [1.82, 2.24) is 9.78 Å². The van der Waals surface area contributed by atoms with Crippen molar-refractivity contribution >= 4 is 11.8 Å². The molecule has 0 unspecified atom stereocenters. The molecule has 16 heavy (non-hydrogen) atoms. The highest BCUT2D eigenvalue weighted by Crippen LogP contribution is 2.28. The molecule has 1 fully saturated rings. The maximum absolute atomic E-state index is 12.2. The van der Waals surface area contributed by atoms with Gasteiger partial charge in [0.15, 0.2) is 0 Å². The summed E-state index contributed by atoms with van der Waals surface area (Å²) in [5.41, 5.74) is 2.50. The first kappa shape index (κ1) is 10.5. The highest BCUT2D eigenvalue weighted by Gasteiger charge is 2.23. The molecule has 0 aromatic carbocycles. The minimum atomic E-state index is 0.258. The lowest BCUT2D eigenvalue weighted by atomic mass is 9.96. The van der Waals surface area contributed by atoms with Crippen LogP contribution < -0.4 is 5.56 Å². The summed E-state index contributed by atoms with van der Waals surface area (Å²) in [6.07, 6.45) is 7.26. The molecule has 4 heteroatoms. The van der Waals surface area contributed by atoms with Crippen LogP contribution in [0.4, 0.5) is 0 Å². The summed E-state index contributed by atoms with van der Waals surface area (Å²) in [7, 11) is 0. The third kappa shape index (κ3) is 1.73. The van der Waals surface area contributed by atoms with E-state index in [2.05, 4.69) is 5.10 Å². The summed E-state index contributed by atoms with van der Waals surface area (Å²) < 4.78 is 1.93. The Bertz CT molecular complexity index is 429. The van der Waals surface area contributed by atoms with Crippen molar-refractivity contribution in [2.75, 3.05) is 5.75 Å². The molecule has 1 aromatic heterocycles. The SMILES string of the molecule is O=c1c2c([nH]n1C1CCCCC1)CCSC2. The molecule has 0 spiro atoms. The molecule has 0 saturated heterocycles. The molecule has 0 amide bonds. The Morgan fingerprint density at radius 1 is 1.25 bits per heavy atom. The molecule has 2 aliphatic rings. The number of aromatic nitrogens is 2. The molecule has 1 saturated carbocycles. The van der Waals surface area contributed by atoms with Gasteiger partial charge in [-0.1, -0.05) is 19.3 Å². The van der Waals surface area contributed by atoms with Gasteiger partial charge in [0, 0.05) is 17.0 Å². The third-order valence-corrected chi connectivity index (χ3v) is 4.76. The van der Waals surface area contributed by atoms with E-state index in [9.17, 15) is 4.79 Å². The Labute approximate surface area is 99.6 Å². The van der Waals surface area contributed by atoms with Crippen molar-refractivity contribution in [2.24, 2.45) is 0 Å². The lowest BCUT2D eigenvalue weighted by Crippen LogP contribution is -2.25. The van der Waals surface area contributed by atoms with E-state index in [0.29, 0.717) is 6.04 Å². The average molecular weight is 238 g/mol. The molecule has 1 aliphatic heterocycles. The van der Waals surface area contributed by atoms with Crippen LogP contribution in [0.1, 0.15) is 49.4 Å². The van der Waals surface area contributed by atoms with Crippen LogP contribution in [0.2, 0.25) is 0 Å². The Kier molecular flexibility index (Phi) is 2.84. The predicted octanol–water partition coefficient (Wildman–Crippen LogP) is 2.47. The van der Waals surface area contributed by atoms with Gasteiger partial charge < -0.3 is 0 Å². The van der Waals surface area contributed by atoms with E-state index < -0.39 is 0 Å². The van der Waals surface area contributed by atoms with Crippen molar-refractivity contribution in [3.8, 4) is 0 Å². The van der Waals surface area contributed by atoms with Crippen molar-refractivity contribution < 1.29 is 0 Å². The van der Waals surface area contributed by atoms with Crippen LogP contribution in [0.15, 0.2) is 4.79 Å². The van der Waals surface area contributed by atoms with E-state index in [1.165, 1.54) is 37.8 Å². The van der Waals surface area contributed by atoms with E-state index in [-0.39, 0.29) is 5.56 Å². The number of H-pyrrole nitrogens is 1. The smallest absolute Gasteiger partial charge is 0.271 e. The van der Waals surface area contributed by atoms with Crippen LogP contribution in [0, 0.1) is 0 Å². The van der Waals surface area contributed by atoms with E-state index >= 15 is 0 Å². The second kappa shape index (κ2) is 4.32. The molecule has 1 aliphatic carbocycles. The molecule has 2 heterocycles. The van der Waals surface area contributed by atoms with Crippen LogP contribution in [-0.4, -0.2) is 15.5 Å². The van der Waals surface area contributed by atoms with Crippen LogP contribution in [0.25, 0.3) is 0 Å². The van der Waals surface area contributed by atoms with Gasteiger partial charge in [-0.05, 0) is 25.0 Å². The van der Waals surface area contributed by atoms with Crippen LogP contribution in [-0.2, 0) is 12.2 Å². The summed E-state index contributed by atoms with van der Waals surface area (Å²) in [6.45, 7) is 0. The summed E-state index contributed by atoms with van der Waals surface area (Å²) in [5.74, 6) is 2.06. The van der Waals surface area contributed by atoms with Crippen LogP contribution in [0.5, 0.6) is 0 Å². The van der Waals surface area contributed by atoms with E-state index in [1.807, 2.05) is 16.4 Å². The highest BCUT2D eigenvalue weighted by atomic mass is 32.2. The normalized spacial score (nSPS) is 22.0. The summed E-state index contributed by atoms with van der Waals surface area (Å²) >= 11 is 1.88. The van der Waals surface area contributed by atoms with E-state index in [0.717, 1.165) is 23.5 Å². The zero-order valence-corrected chi connectivity index (χ0v) is 10.3. The number of aryl methyl sites for hydroxylation is 1. The lowest BCUT2D eigenvalue weighted by Gasteiger charge is -2.21. The fourth-order valence-corrected chi connectivity index (χ4v) is 3.83. The van der Waals surface area contributed by atoms with Crippen LogP contribution in [0.3, 0.4) is 0 Å². The second-order valence-electron chi connectivity index (χ2n) is 4.84. The summed E-state index contributed by atoms with van der Waals surface area (Å²) in [6, 6.07) is 0.442. The first-order valence-corrected chi connectivity index (χ1v) is 7.42. The molecule has 1 aromatic rings. The topological polar surface area (TPSA) is 37.8 Å². The molecular weight excluding hydrogens is 220 g/mol. The second-order valence-corrected chi connectivity index (χ2v) is 5.94. The van der Waals surface area contributed by atoms with Gasteiger partial charge in [-0.25, -0.2) is 4.68 Å². The number of nitrogens with one attached hydrogen (secondary N) is 1. The molecule has 88 valence electrons. The maximum Gasteiger partial charge on any atom is 0.271 e. The maximum atomic E-state index is 12.2. The van der Waals surface area contributed by atoms with E-state index in [4.69, 9.17) is 0 Å². The van der Waals surface area contributed by atoms with Gasteiger partial charge >= 0.3 is 0 Å². The first-order chi connectivity index (χ1) is 7.86. The molecule has 3 rings (SSSR count). The zero-order chi connectivity index (χ0) is 11.0. The average Bonchev–Trinajstić information content (AvgIpc) is 2.69. The minimum Gasteiger partial charge on any atom is -0.299 e. The third-order valence-electron chi connectivity index (χ3n) is 3.78. The molecule has 1 N–H and O–H groups in total. The largest absolute Gasteiger partial charge is 0.299 e. The minimum absolute atomic E-state index is 0.258. The fraction of sp³-hybridized carbons (Fsp3) is 0.750. The Morgan fingerprint density at radius 2 is 2.06 bits per heavy atom. The Balaban J connectivity index is 1.94. The van der Waals surface area contributed by atoms with E-state index in [1.54, 1.807) is 0 Å². The quantitative estimate of drug-likeness (QED) is 0.816. The van der Waals surface area contributed by atoms with Gasteiger partial charge in [0.2, 0.25) is 0 Å². The molecular formula is C12H18N2OS. The number of hydrogen-bond acceptors (Lipinski definition) is 2. The first-order valence-electron chi connectivity index (χ1n) is 6.26. The number of nitrogens with zero attached hydrogens (tertiary/aromatic N) is 1. The number of thioether (sulfide) groups is 1. The lowest BCUT2D eigenvalue weighted by molar-refractivity contribution is 0.322. The number of aromatic amines is 1. The number of hydrogen-bond donors (Lipinski definition) is 1. The Hall–Kier alpha value is -0.640. The van der Waals surface area contributed by atoms with Gasteiger partial charge in [-0.3, -0.25) is 9.89 Å². The van der Waals surface area contributed by atoms with Gasteiger partial charge in [-0.15, -0.1) is 0 Å². The summed E-state index contributed by atoms with van der Waals surface area (Å²) in [5, 5.41) is 3.36. The zero-order valence-electron chi connectivity index (χ0n) is 9.50. The monoisotopic (exact) mass is 238 g/mol. The standard InChI is InChI=1S/C12H18N2OS/c15-12-10-8-16-7-6-11(10)13-14(12)9-4-2-1-3-5-9/h9,13H,1-8H2. The summed E-state index contributed by atoms with van der Waals surface area (Å²) in [4.78, 5) is 12.2. The number of rotatable bonds is 1. The van der Waals surface area contributed by atoms with Gasteiger partial charge in [0.25, 0.3) is 5.56 Å².